The molecule has 106 valence electrons. The van der Waals surface area contributed by atoms with Crippen LogP contribution in [0.15, 0.2) is 12.1 Å². The molecule has 0 bridgehead atoms. The Morgan fingerprint density at radius 1 is 1.32 bits per heavy atom. The number of aryl methyl sites for hydroxylation is 1. The molecule has 0 heterocycles. The second-order valence-corrected chi connectivity index (χ2v) is 5.41. The van der Waals surface area contributed by atoms with Gasteiger partial charge < -0.3 is 10.1 Å². The van der Waals surface area contributed by atoms with Crippen LogP contribution >= 0.6 is 0 Å². The maximum atomic E-state index is 14.0. The molecule has 2 nitrogen and oxygen atoms in total. The van der Waals surface area contributed by atoms with Crippen LogP contribution in [0.1, 0.15) is 42.9 Å². The van der Waals surface area contributed by atoms with Gasteiger partial charge in [-0.1, -0.05) is 0 Å². The minimum absolute atomic E-state index is 0.179. The van der Waals surface area contributed by atoms with Crippen LogP contribution in [0.25, 0.3) is 0 Å². The fourth-order valence-electron chi connectivity index (χ4n) is 2.73. The third-order valence-corrected chi connectivity index (χ3v) is 4.28. The molecule has 0 saturated heterocycles. The molecule has 1 unspecified atom stereocenters. The molecule has 0 spiro atoms. The van der Waals surface area contributed by atoms with Gasteiger partial charge in [0.1, 0.15) is 11.6 Å². The molecule has 1 aliphatic carbocycles. The summed E-state index contributed by atoms with van der Waals surface area (Å²) in [6.45, 7) is 1.57. The topological polar surface area (TPSA) is 21.3 Å². The molecule has 1 fully saturated rings. The van der Waals surface area contributed by atoms with Gasteiger partial charge in [0.15, 0.2) is 0 Å². The minimum Gasteiger partial charge on any atom is -0.378 e. The molecule has 2 rings (SSSR count). The van der Waals surface area contributed by atoms with Gasteiger partial charge in [-0.3, -0.25) is 0 Å². The first kappa shape index (κ1) is 14.4. The average molecular weight is 269 g/mol. The Morgan fingerprint density at radius 3 is 2.47 bits per heavy atom. The summed E-state index contributed by atoms with van der Waals surface area (Å²) < 4.78 is 33.2. The molecule has 1 saturated carbocycles. The molecule has 4 heteroatoms. The van der Waals surface area contributed by atoms with Gasteiger partial charge in [-0.15, -0.1) is 0 Å². The number of nitrogens with one attached hydrogen (secondary N) is 1. The summed E-state index contributed by atoms with van der Waals surface area (Å²) in [6.07, 6.45) is 3.77. The van der Waals surface area contributed by atoms with E-state index in [4.69, 9.17) is 4.74 Å². The van der Waals surface area contributed by atoms with Crippen LogP contribution in [0.5, 0.6) is 0 Å². The van der Waals surface area contributed by atoms with Crippen LogP contribution < -0.4 is 5.32 Å². The van der Waals surface area contributed by atoms with Gasteiger partial charge in [-0.05, 0) is 57.4 Å². The molecule has 0 aliphatic heterocycles. The number of hydrogen-bond acceptors (Lipinski definition) is 2. The smallest absolute Gasteiger partial charge is 0.128 e. The Balaban J connectivity index is 2.24. The molecule has 0 amide bonds. The third-order valence-electron chi connectivity index (χ3n) is 4.28. The predicted molar refractivity (Wildman–Crippen MR) is 71.1 cm³/mol. The van der Waals surface area contributed by atoms with E-state index in [-0.39, 0.29) is 23.3 Å². The molecular formula is C15H21F2NO. The quantitative estimate of drug-likeness (QED) is 0.883. The van der Waals surface area contributed by atoms with Crippen molar-refractivity contribution in [1.29, 1.82) is 0 Å². The van der Waals surface area contributed by atoms with Gasteiger partial charge in [0.05, 0.1) is 5.60 Å². The highest BCUT2D eigenvalue weighted by atomic mass is 19.1. The summed E-state index contributed by atoms with van der Waals surface area (Å²) >= 11 is 0. The van der Waals surface area contributed by atoms with Crippen molar-refractivity contribution in [2.24, 2.45) is 0 Å². The van der Waals surface area contributed by atoms with E-state index in [0.717, 1.165) is 19.3 Å². The zero-order valence-corrected chi connectivity index (χ0v) is 11.7. The highest BCUT2D eigenvalue weighted by Crippen LogP contribution is 2.42. The zero-order chi connectivity index (χ0) is 14.0. The SMILES string of the molecule is CNC(CC1(OC)CCC1)c1cc(F)c(C)cc1F. The summed E-state index contributed by atoms with van der Waals surface area (Å²) in [5.41, 5.74) is 0.539. The van der Waals surface area contributed by atoms with E-state index >= 15 is 0 Å². The lowest BCUT2D eigenvalue weighted by molar-refractivity contribution is -0.0836. The fourth-order valence-corrected chi connectivity index (χ4v) is 2.73. The molecule has 0 radical (unpaired) electrons. The summed E-state index contributed by atoms with van der Waals surface area (Å²) in [4.78, 5) is 0. The predicted octanol–water partition coefficient (Wildman–Crippen LogP) is 3.49. The number of rotatable bonds is 5. The highest BCUT2D eigenvalue weighted by molar-refractivity contribution is 5.28. The highest BCUT2D eigenvalue weighted by Gasteiger charge is 2.39. The Bertz CT molecular complexity index is 452. The van der Waals surface area contributed by atoms with E-state index in [1.54, 1.807) is 21.1 Å². The largest absolute Gasteiger partial charge is 0.378 e. The lowest BCUT2D eigenvalue weighted by atomic mass is 9.74. The summed E-state index contributed by atoms with van der Waals surface area (Å²) in [6, 6.07) is 2.33. The molecule has 0 aromatic heterocycles. The number of methoxy groups -OCH3 is 1. The maximum Gasteiger partial charge on any atom is 0.128 e. The van der Waals surface area contributed by atoms with E-state index in [1.807, 2.05) is 0 Å². The Morgan fingerprint density at radius 2 is 2.00 bits per heavy atom. The Labute approximate surface area is 113 Å². The van der Waals surface area contributed by atoms with Crippen LogP contribution in [-0.2, 0) is 4.74 Å². The van der Waals surface area contributed by atoms with Crippen molar-refractivity contribution in [2.45, 2.75) is 44.2 Å². The molecule has 1 atom stereocenters. The lowest BCUT2D eigenvalue weighted by Crippen LogP contribution is -2.42. The zero-order valence-electron chi connectivity index (χ0n) is 11.7. The van der Waals surface area contributed by atoms with Crippen LogP contribution in [0, 0.1) is 18.6 Å². The van der Waals surface area contributed by atoms with Crippen LogP contribution in [-0.4, -0.2) is 19.8 Å². The van der Waals surface area contributed by atoms with Crippen LogP contribution in [0.2, 0.25) is 0 Å². The van der Waals surface area contributed by atoms with E-state index in [0.29, 0.717) is 17.5 Å². The van der Waals surface area contributed by atoms with Crippen molar-refractivity contribution in [3.05, 3.63) is 34.9 Å². The number of benzene rings is 1. The standard InChI is InChI=1S/C15H21F2NO/c1-10-7-13(17)11(8-12(10)16)14(18-2)9-15(19-3)5-4-6-15/h7-8,14,18H,4-6,9H2,1-3H3. The molecule has 1 aliphatic rings. The normalized spacial score (nSPS) is 19.0. The second kappa shape index (κ2) is 5.55. The third kappa shape index (κ3) is 2.79. The monoisotopic (exact) mass is 269 g/mol. The van der Waals surface area contributed by atoms with Crippen molar-refractivity contribution >= 4 is 0 Å². The summed E-state index contributed by atoms with van der Waals surface area (Å²) in [7, 11) is 3.46. The van der Waals surface area contributed by atoms with Crippen molar-refractivity contribution in [2.75, 3.05) is 14.2 Å². The lowest BCUT2D eigenvalue weighted by Gasteiger charge is -2.43. The van der Waals surface area contributed by atoms with Crippen molar-refractivity contribution in [1.82, 2.24) is 5.32 Å². The molecule has 19 heavy (non-hydrogen) atoms. The molecule has 1 aromatic carbocycles. The van der Waals surface area contributed by atoms with Gasteiger partial charge in [0, 0.05) is 18.7 Å². The maximum absolute atomic E-state index is 14.0. The van der Waals surface area contributed by atoms with Crippen molar-refractivity contribution in [3.8, 4) is 0 Å². The molecule has 1 N–H and O–H groups in total. The average Bonchev–Trinajstić information content (AvgIpc) is 2.34. The van der Waals surface area contributed by atoms with Gasteiger partial charge in [0.2, 0.25) is 0 Å². The first-order chi connectivity index (χ1) is 9.01. The van der Waals surface area contributed by atoms with Crippen LogP contribution in [0.4, 0.5) is 8.78 Å². The van der Waals surface area contributed by atoms with Gasteiger partial charge >= 0.3 is 0 Å². The van der Waals surface area contributed by atoms with E-state index in [1.165, 1.54) is 12.1 Å². The van der Waals surface area contributed by atoms with Gasteiger partial charge in [-0.25, -0.2) is 8.78 Å². The van der Waals surface area contributed by atoms with Gasteiger partial charge in [-0.2, -0.15) is 0 Å². The Kier molecular flexibility index (Phi) is 4.21. The minimum atomic E-state index is -0.364. The van der Waals surface area contributed by atoms with Crippen LogP contribution in [0.3, 0.4) is 0 Å². The summed E-state index contributed by atoms with van der Waals surface area (Å²) in [5, 5.41) is 3.08. The molecular weight excluding hydrogens is 248 g/mol. The van der Waals surface area contributed by atoms with E-state index in [9.17, 15) is 8.78 Å². The summed E-state index contributed by atoms with van der Waals surface area (Å²) in [5.74, 6) is -0.722. The van der Waals surface area contributed by atoms with E-state index in [2.05, 4.69) is 5.32 Å². The number of ether oxygens (including phenoxy) is 1. The van der Waals surface area contributed by atoms with E-state index < -0.39 is 0 Å². The van der Waals surface area contributed by atoms with Gasteiger partial charge in [0.25, 0.3) is 0 Å². The molecule has 1 aromatic rings. The Hall–Kier alpha value is -1.00. The number of hydrogen-bond donors (Lipinski definition) is 1. The first-order valence-electron chi connectivity index (χ1n) is 6.69. The van der Waals surface area contributed by atoms with Crippen molar-refractivity contribution < 1.29 is 13.5 Å². The first-order valence-corrected chi connectivity index (χ1v) is 6.69. The fraction of sp³-hybridized carbons (Fsp3) is 0.600. The number of halogens is 2. The van der Waals surface area contributed by atoms with Crippen molar-refractivity contribution in [3.63, 3.8) is 0 Å². The second-order valence-electron chi connectivity index (χ2n) is 5.41.